The van der Waals surface area contributed by atoms with Crippen molar-refractivity contribution in [3.8, 4) is 0 Å². The Bertz CT molecular complexity index is 301. The lowest BCUT2D eigenvalue weighted by Crippen LogP contribution is -2.35. The van der Waals surface area contributed by atoms with Crippen molar-refractivity contribution in [1.82, 2.24) is 10.3 Å². The third kappa shape index (κ3) is 1.21. The van der Waals surface area contributed by atoms with E-state index in [2.05, 4.69) is 16.4 Å². The molecule has 0 radical (unpaired) electrons. The van der Waals surface area contributed by atoms with Crippen molar-refractivity contribution in [2.24, 2.45) is 0 Å². The molecule has 11 heavy (non-hydrogen) atoms. The monoisotopic (exact) mass is 166 g/mol. The molecule has 2 heterocycles. The summed E-state index contributed by atoms with van der Waals surface area (Å²) < 4.78 is 0.865. The summed E-state index contributed by atoms with van der Waals surface area (Å²) in [5, 5.41) is 3.32. The van der Waals surface area contributed by atoms with Gasteiger partial charge in [-0.1, -0.05) is 18.3 Å². The van der Waals surface area contributed by atoms with Gasteiger partial charge in [-0.2, -0.15) is 0 Å². The Hall–Kier alpha value is -0.670. The summed E-state index contributed by atoms with van der Waals surface area (Å²) in [6.07, 6.45) is 3.08. The van der Waals surface area contributed by atoms with Crippen LogP contribution >= 0.6 is 12.2 Å². The number of pyridine rings is 1. The smallest absolute Gasteiger partial charge is 0.108 e. The van der Waals surface area contributed by atoms with Crippen LogP contribution in [0.4, 0.5) is 0 Å². The summed E-state index contributed by atoms with van der Waals surface area (Å²) in [5.74, 6) is 0. The second-order valence-corrected chi connectivity index (χ2v) is 3.16. The van der Waals surface area contributed by atoms with Crippen LogP contribution < -0.4 is 5.32 Å². The summed E-state index contributed by atoms with van der Waals surface area (Å²) in [6.45, 7) is 1.12. The molecule has 1 aliphatic rings. The van der Waals surface area contributed by atoms with Gasteiger partial charge >= 0.3 is 0 Å². The first-order valence-electron chi connectivity index (χ1n) is 3.79. The first-order chi connectivity index (χ1) is 5.38. The van der Waals surface area contributed by atoms with Crippen LogP contribution in [0, 0.1) is 4.64 Å². The average molecular weight is 166 g/mol. The van der Waals surface area contributed by atoms with Crippen LogP contribution in [0.5, 0.6) is 0 Å². The summed E-state index contributed by atoms with van der Waals surface area (Å²) in [4.78, 5) is 3.02. The van der Waals surface area contributed by atoms with E-state index in [1.165, 1.54) is 12.0 Å². The summed E-state index contributed by atoms with van der Waals surface area (Å²) >= 11 is 5.13. The number of aromatic nitrogens is 1. The van der Waals surface area contributed by atoms with Crippen LogP contribution in [0.1, 0.15) is 18.0 Å². The molecule has 58 valence electrons. The van der Waals surface area contributed by atoms with E-state index < -0.39 is 0 Å². The first-order valence-corrected chi connectivity index (χ1v) is 4.20. The van der Waals surface area contributed by atoms with Gasteiger partial charge in [0, 0.05) is 17.8 Å². The number of hydrogen-bond acceptors (Lipinski definition) is 2. The molecule has 2 rings (SSSR count). The van der Waals surface area contributed by atoms with Crippen molar-refractivity contribution >= 4 is 12.2 Å². The molecule has 0 unspecified atom stereocenters. The quantitative estimate of drug-likeness (QED) is 0.622. The number of aromatic amines is 1. The maximum atomic E-state index is 5.13. The first kappa shape index (κ1) is 7.00. The minimum Gasteiger partial charge on any atom is -0.353 e. The molecule has 1 fully saturated rings. The second-order valence-electron chi connectivity index (χ2n) is 2.75. The van der Waals surface area contributed by atoms with Crippen LogP contribution in [0.25, 0.3) is 0 Å². The van der Waals surface area contributed by atoms with Gasteiger partial charge in [0.25, 0.3) is 0 Å². The van der Waals surface area contributed by atoms with Crippen LogP contribution in [-0.2, 0) is 0 Å². The van der Waals surface area contributed by atoms with Crippen molar-refractivity contribution in [2.45, 2.75) is 12.5 Å². The third-order valence-corrected chi connectivity index (χ3v) is 2.40. The molecule has 0 aliphatic carbocycles. The van der Waals surface area contributed by atoms with Crippen molar-refractivity contribution in [3.63, 3.8) is 0 Å². The topological polar surface area (TPSA) is 27.8 Å². The average Bonchev–Trinajstić information content (AvgIpc) is 1.90. The van der Waals surface area contributed by atoms with Crippen LogP contribution in [-0.4, -0.2) is 11.5 Å². The molecule has 0 bridgehead atoms. The number of rotatable bonds is 1. The lowest BCUT2D eigenvalue weighted by Gasteiger charge is -2.27. The van der Waals surface area contributed by atoms with Gasteiger partial charge in [-0.3, -0.25) is 0 Å². The van der Waals surface area contributed by atoms with Crippen LogP contribution in [0.15, 0.2) is 18.3 Å². The fourth-order valence-electron chi connectivity index (χ4n) is 1.26. The number of H-pyrrole nitrogens is 1. The normalized spacial score (nSPS) is 22.7. The van der Waals surface area contributed by atoms with Crippen molar-refractivity contribution < 1.29 is 0 Å². The molecular weight excluding hydrogens is 156 g/mol. The highest BCUT2D eigenvalue weighted by Crippen LogP contribution is 2.22. The Morgan fingerprint density at radius 2 is 2.36 bits per heavy atom. The Morgan fingerprint density at radius 3 is 2.91 bits per heavy atom. The van der Waals surface area contributed by atoms with Crippen molar-refractivity contribution in [2.75, 3.05) is 6.54 Å². The molecular formula is C8H10N2S. The standard InChI is InChI=1S/C8H10N2S/c11-8-6(2-1-4-10-8)7-3-5-9-7/h1-2,4,7,9H,3,5H2,(H,10,11)/t7-/m0/s1. The molecule has 2 N–H and O–H groups in total. The molecule has 0 saturated carbocycles. The summed E-state index contributed by atoms with van der Waals surface area (Å²) in [7, 11) is 0. The van der Waals surface area contributed by atoms with Gasteiger partial charge in [0.1, 0.15) is 4.64 Å². The van der Waals surface area contributed by atoms with Crippen LogP contribution in [0.2, 0.25) is 0 Å². The van der Waals surface area contributed by atoms with E-state index >= 15 is 0 Å². The Balaban J connectivity index is 2.36. The molecule has 1 atom stereocenters. The van der Waals surface area contributed by atoms with E-state index in [0.717, 1.165) is 11.2 Å². The highest BCUT2D eigenvalue weighted by Gasteiger charge is 2.18. The molecule has 0 spiro atoms. The molecule has 0 amide bonds. The summed E-state index contributed by atoms with van der Waals surface area (Å²) in [5.41, 5.74) is 1.23. The zero-order chi connectivity index (χ0) is 7.68. The van der Waals surface area contributed by atoms with Gasteiger partial charge in [0.2, 0.25) is 0 Å². The molecule has 2 nitrogen and oxygen atoms in total. The molecule has 3 heteroatoms. The number of hydrogen-bond donors (Lipinski definition) is 2. The van der Waals surface area contributed by atoms with Gasteiger partial charge in [0.05, 0.1) is 0 Å². The van der Waals surface area contributed by atoms with E-state index in [4.69, 9.17) is 12.2 Å². The van der Waals surface area contributed by atoms with Gasteiger partial charge in [-0.25, -0.2) is 0 Å². The van der Waals surface area contributed by atoms with Gasteiger partial charge in [-0.15, -0.1) is 0 Å². The minimum absolute atomic E-state index is 0.500. The second kappa shape index (κ2) is 2.75. The van der Waals surface area contributed by atoms with Gasteiger partial charge in [0.15, 0.2) is 0 Å². The molecule has 1 aromatic heterocycles. The van der Waals surface area contributed by atoms with E-state index in [-0.39, 0.29) is 0 Å². The van der Waals surface area contributed by atoms with Gasteiger partial charge in [-0.05, 0) is 19.0 Å². The largest absolute Gasteiger partial charge is 0.353 e. The van der Waals surface area contributed by atoms with Crippen molar-refractivity contribution in [1.29, 1.82) is 0 Å². The predicted octanol–water partition coefficient (Wildman–Crippen LogP) is 1.78. The predicted molar refractivity (Wildman–Crippen MR) is 47.0 cm³/mol. The SMILES string of the molecule is S=c1[nH]cccc1[C@@H]1CCN1. The van der Waals surface area contributed by atoms with E-state index in [1.807, 2.05) is 12.3 Å². The molecule has 1 saturated heterocycles. The molecule has 1 aromatic rings. The van der Waals surface area contributed by atoms with E-state index in [0.29, 0.717) is 6.04 Å². The summed E-state index contributed by atoms with van der Waals surface area (Å²) in [6, 6.07) is 4.57. The Morgan fingerprint density at radius 1 is 1.55 bits per heavy atom. The lowest BCUT2D eigenvalue weighted by molar-refractivity contribution is 0.381. The zero-order valence-electron chi connectivity index (χ0n) is 6.13. The molecule has 1 aliphatic heterocycles. The maximum Gasteiger partial charge on any atom is 0.108 e. The highest BCUT2D eigenvalue weighted by molar-refractivity contribution is 7.71. The Kier molecular flexibility index (Phi) is 1.75. The maximum absolute atomic E-state index is 5.13. The zero-order valence-corrected chi connectivity index (χ0v) is 6.95. The third-order valence-electron chi connectivity index (χ3n) is 2.05. The Labute approximate surface area is 70.6 Å². The van der Waals surface area contributed by atoms with E-state index in [9.17, 15) is 0 Å². The van der Waals surface area contributed by atoms with Gasteiger partial charge < -0.3 is 10.3 Å². The molecule has 0 aromatic carbocycles. The fourth-order valence-corrected chi connectivity index (χ4v) is 1.54. The number of nitrogens with one attached hydrogen (secondary N) is 2. The van der Waals surface area contributed by atoms with E-state index in [1.54, 1.807) is 0 Å². The lowest BCUT2D eigenvalue weighted by atomic mass is 10.0. The highest BCUT2D eigenvalue weighted by atomic mass is 32.1. The van der Waals surface area contributed by atoms with Crippen molar-refractivity contribution in [3.05, 3.63) is 28.5 Å². The van der Waals surface area contributed by atoms with Crippen LogP contribution in [0.3, 0.4) is 0 Å². The fraction of sp³-hybridized carbons (Fsp3) is 0.375. The minimum atomic E-state index is 0.500.